The molecule has 1 aliphatic carbocycles. The molecule has 1 aliphatic rings. The van der Waals surface area contributed by atoms with Crippen LogP contribution in [0.25, 0.3) is 0 Å². The van der Waals surface area contributed by atoms with Crippen molar-refractivity contribution in [2.45, 2.75) is 31.5 Å². The van der Waals surface area contributed by atoms with Crippen molar-refractivity contribution in [3.05, 3.63) is 47.5 Å². The van der Waals surface area contributed by atoms with Crippen LogP contribution in [0.4, 0.5) is 13.2 Å². The number of hydrogen-bond donors (Lipinski definition) is 2. The van der Waals surface area contributed by atoms with Crippen LogP contribution in [0.2, 0.25) is 0 Å². The number of amides is 1. The Balaban J connectivity index is 1.87. The summed E-state index contributed by atoms with van der Waals surface area (Å²) in [6.45, 7) is 0. The lowest BCUT2D eigenvalue weighted by Crippen LogP contribution is -2.30. The first-order valence-corrected chi connectivity index (χ1v) is 7.25. The third-order valence-electron chi connectivity index (χ3n) is 3.73. The largest absolute Gasteiger partial charge is 0.416 e. The van der Waals surface area contributed by atoms with Gasteiger partial charge in [0.2, 0.25) is 5.91 Å². The highest BCUT2D eigenvalue weighted by atomic mass is 19.4. The summed E-state index contributed by atoms with van der Waals surface area (Å²) in [5.74, 6) is 0.478. The molecule has 1 unspecified atom stereocenters. The van der Waals surface area contributed by atoms with Gasteiger partial charge in [-0.15, -0.1) is 0 Å². The smallest absolute Gasteiger partial charge is 0.342 e. The number of aromatic amines is 1. The molecule has 2 N–H and O–H groups in total. The summed E-state index contributed by atoms with van der Waals surface area (Å²) in [4.78, 5) is 16.0. The number of carbonyl (C=O) groups is 1. The molecule has 1 saturated carbocycles. The van der Waals surface area contributed by atoms with E-state index in [-0.39, 0.29) is 5.91 Å². The minimum atomic E-state index is -4.44. The van der Waals surface area contributed by atoms with E-state index in [4.69, 9.17) is 0 Å². The third-order valence-corrected chi connectivity index (χ3v) is 3.73. The van der Waals surface area contributed by atoms with Crippen molar-refractivity contribution in [1.29, 1.82) is 0 Å². The van der Waals surface area contributed by atoms with Crippen LogP contribution in [0.1, 0.15) is 42.3 Å². The van der Waals surface area contributed by atoms with Gasteiger partial charge in [0.15, 0.2) is 5.82 Å². The van der Waals surface area contributed by atoms with Crippen molar-refractivity contribution in [2.24, 2.45) is 5.92 Å². The van der Waals surface area contributed by atoms with Crippen molar-refractivity contribution >= 4 is 5.91 Å². The van der Waals surface area contributed by atoms with E-state index in [0.717, 1.165) is 25.0 Å². The number of alkyl halides is 3. The number of H-pyrrole nitrogens is 1. The first kappa shape index (κ1) is 15.5. The van der Waals surface area contributed by atoms with Gasteiger partial charge in [-0.05, 0) is 36.5 Å². The van der Waals surface area contributed by atoms with Gasteiger partial charge in [-0.3, -0.25) is 9.89 Å². The Morgan fingerprint density at radius 1 is 1.39 bits per heavy atom. The first-order chi connectivity index (χ1) is 10.9. The quantitative estimate of drug-likeness (QED) is 0.888. The molecule has 0 bridgehead atoms. The van der Waals surface area contributed by atoms with Crippen LogP contribution in [-0.2, 0) is 11.0 Å². The molecule has 1 heterocycles. The fourth-order valence-corrected chi connectivity index (χ4v) is 2.36. The molecule has 8 heteroatoms. The lowest BCUT2D eigenvalue weighted by molar-refractivity contribution is -0.137. The predicted octanol–water partition coefficient (Wildman–Crippen LogP) is 2.83. The second-order valence-electron chi connectivity index (χ2n) is 5.64. The topological polar surface area (TPSA) is 70.7 Å². The van der Waals surface area contributed by atoms with Crippen molar-refractivity contribution in [2.75, 3.05) is 0 Å². The fraction of sp³-hybridized carbons (Fsp3) is 0.400. The lowest BCUT2D eigenvalue weighted by Gasteiger charge is -2.18. The molecule has 0 spiro atoms. The molecular formula is C15H15F3N4O. The maximum Gasteiger partial charge on any atom is 0.416 e. The second-order valence-corrected chi connectivity index (χ2v) is 5.64. The lowest BCUT2D eigenvalue weighted by atomic mass is 10.0. The van der Waals surface area contributed by atoms with E-state index in [9.17, 15) is 18.0 Å². The fourth-order valence-electron chi connectivity index (χ4n) is 2.36. The van der Waals surface area contributed by atoms with Crippen LogP contribution >= 0.6 is 0 Å². The zero-order valence-corrected chi connectivity index (χ0v) is 12.1. The summed E-state index contributed by atoms with van der Waals surface area (Å²) >= 11 is 0. The molecule has 0 radical (unpaired) electrons. The van der Waals surface area contributed by atoms with E-state index in [2.05, 4.69) is 20.5 Å². The molecule has 2 aromatic rings. The molecule has 0 aliphatic heterocycles. The van der Waals surface area contributed by atoms with E-state index in [0.29, 0.717) is 23.7 Å². The SMILES string of the molecule is O=C(CC1CC1)NC(c1cccc(C(F)(F)F)c1)c1ncn[nH]1. The molecule has 3 rings (SSSR count). The summed E-state index contributed by atoms with van der Waals surface area (Å²) in [6, 6.07) is 4.07. The Labute approximate surface area is 130 Å². The van der Waals surface area contributed by atoms with Gasteiger partial charge in [0.05, 0.1) is 5.56 Å². The van der Waals surface area contributed by atoms with Crippen LogP contribution in [-0.4, -0.2) is 21.1 Å². The molecule has 1 fully saturated rings. The van der Waals surface area contributed by atoms with Gasteiger partial charge in [0.25, 0.3) is 0 Å². The van der Waals surface area contributed by atoms with Crippen LogP contribution in [0.15, 0.2) is 30.6 Å². The summed E-state index contributed by atoms with van der Waals surface area (Å²) in [6.07, 6.45) is -0.777. The Bertz CT molecular complexity index is 680. The predicted molar refractivity (Wildman–Crippen MR) is 75.2 cm³/mol. The normalized spacial score (nSPS) is 16.1. The van der Waals surface area contributed by atoms with Crippen molar-refractivity contribution in [3.63, 3.8) is 0 Å². The minimum absolute atomic E-state index is 0.202. The van der Waals surface area contributed by atoms with Gasteiger partial charge in [-0.25, -0.2) is 4.98 Å². The number of halogens is 3. The van der Waals surface area contributed by atoms with Gasteiger partial charge in [0, 0.05) is 6.42 Å². The maximum atomic E-state index is 12.9. The number of aromatic nitrogens is 3. The number of benzene rings is 1. The molecule has 1 aromatic heterocycles. The standard InChI is InChI=1S/C15H15F3N4O/c16-15(17,18)11-3-1-2-10(7-11)13(14-19-8-20-22-14)21-12(23)6-9-4-5-9/h1-3,7-9,13H,4-6H2,(H,21,23)(H,19,20,22). The number of nitrogens with zero attached hydrogens (tertiary/aromatic N) is 2. The van der Waals surface area contributed by atoms with Gasteiger partial charge in [0.1, 0.15) is 12.4 Å². The van der Waals surface area contributed by atoms with Crippen LogP contribution in [0.3, 0.4) is 0 Å². The van der Waals surface area contributed by atoms with Crippen molar-refractivity contribution in [1.82, 2.24) is 20.5 Å². The molecule has 1 atom stereocenters. The second kappa shape index (κ2) is 6.02. The van der Waals surface area contributed by atoms with E-state index in [1.54, 1.807) is 0 Å². The van der Waals surface area contributed by atoms with Gasteiger partial charge in [-0.2, -0.15) is 18.3 Å². The molecular weight excluding hydrogens is 309 g/mol. The average molecular weight is 324 g/mol. The zero-order chi connectivity index (χ0) is 16.4. The van der Waals surface area contributed by atoms with E-state index in [1.807, 2.05) is 0 Å². The summed E-state index contributed by atoms with van der Waals surface area (Å²) in [5.41, 5.74) is -0.461. The maximum absolute atomic E-state index is 12.9. The molecule has 23 heavy (non-hydrogen) atoms. The highest BCUT2D eigenvalue weighted by molar-refractivity contribution is 5.77. The van der Waals surface area contributed by atoms with Gasteiger partial charge < -0.3 is 5.32 Å². The Morgan fingerprint density at radius 2 is 2.17 bits per heavy atom. The highest BCUT2D eigenvalue weighted by Gasteiger charge is 2.32. The summed E-state index contributed by atoms with van der Waals surface area (Å²) in [7, 11) is 0. The molecule has 1 aromatic carbocycles. The van der Waals surface area contributed by atoms with E-state index >= 15 is 0 Å². The van der Waals surface area contributed by atoms with Crippen LogP contribution < -0.4 is 5.32 Å². The Hall–Kier alpha value is -2.38. The average Bonchev–Trinajstić information content (AvgIpc) is 3.14. The molecule has 0 saturated heterocycles. The number of carbonyl (C=O) groups excluding carboxylic acids is 1. The highest BCUT2D eigenvalue weighted by Crippen LogP contribution is 2.33. The van der Waals surface area contributed by atoms with Crippen molar-refractivity contribution < 1.29 is 18.0 Å². The Morgan fingerprint density at radius 3 is 2.78 bits per heavy atom. The minimum Gasteiger partial charge on any atom is -0.342 e. The van der Waals surface area contributed by atoms with E-state index < -0.39 is 17.8 Å². The number of hydrogen-bond acceptors (Lipinski definition) is 3. The van der Waals surface area contributed by atoms with E-state index in [1.165, 1.54) is 18.5 Å². The summed E-state index contributed by atoms with van der Waals surface area (Å²) in [5, 5.41) is 9.07. The Kier molecular flexibility index (Phi) is 4.06. The number of nitrogens with one attached hydrogen (secondary N) is 2. The summed E-state index contributed by atoms with van der Waals surface area (Å²) < 4.78 is 38.7. The van der Waals surface area contributed by atoms with Gasteiger partial charge >= 0.3 is 6.18 Å². The van der Waals surface area contributed by atoms with Gasteiger partial charge in [-0.1, -0.05) is 12.1 Å². The molecule has 1 amide bonds. The monoisotopic (exact) mass is 324 g/mol. The third kappa shape index (κ3) is 3.88. The first-order valence-electron chi connectivity index (χ1n) is 7.25. The van der Waals surface area contributed by atoms with Crippen molar-refractivity contribution in [3.8, 4) is 0 Å². The zero-order valence-electron chi connectivity index (χ0n) is 12.1. The number of rotatable bonds is 5. The van der Waals surface area contributed by atoms with Crippen LogP contribution in [0.5, 0.6) is 0 Å². The van der Waals surface area contributed by atoms with Crippen LogP contribution in [0, 0.1) is 5.92 Å². The molecule has 5 nitrogen and oxygen atoms in total. The molecule has 122 valence electrons.